The molecule has 1 aromatic rings. The minimum absolute atomic E-state index is 0.262. The van der Waals surface area contributed by atoms with E-state index in [1.54, 1.807) is 0 Å². The highest BCUT2D eigenvalue weighted by Gasteiger charge is 2.16. The zero-order valence-corrected chi connectivity index (χ0v) is 10.6. The molecule has 0 radical (unpaired) electrons. The summed E-state index contributed by atoms with van der Waals surface area (Å²) in [5.41, 5.74) is 6.43. The van der Waals surface area contributed by atoms with Gasteiger partial charge in [0.15, 0.2) is 0 Å². The molecule has 82 valence electrons. The van der Waals surface area contributed by atoms with E-state index in [2.05, 4.69) is 22.6 Å². The second-order valence-corrected chi connectivity index (χ2v) is 4.80. The molecule has 1 aliphatic heterocycles. The second-order valence-electron chi connectivity index (χ2n) is 3.64. The summed E-state index contributed by atoms with van der Waals surface area (Å²) >= 11 is 2.23. The Bertz CT molecular complexity index is 337. The van der Waals surface area contributed by atoms with Crippen molar-refractivity contribution < 1.29 is 9.47 Å². The van der Waals surface area contributed by atoms with Crippen LogP contribution in [-0.4, -0.2) is 19.3 Å². The standard InChI is InChI=1S/C11H14INO2/c12-10-6-8(13)3-4-11(10)15-7-9-2-1-5-14-9/h3-4,6,9H,1-2,5,7,13H2. The van der Waals surface area contributed by atoms with Gasteiger partial charge in [0.1, 0.15) is 12.4 Å². The molecule has 2 rings (SSSR count). The van der Waals surface area contributed by atoms with Gasteiger partial charge in [-0.2, -0.15) is 0 Å². The maximum Gasteiger partial charge on any atom is 0.132 e. The van der Waals surface area contributed by atoms with Gasteiger partial charge in [-0.1, -0.05) is 0 Å². The largest absolute Gasteiger partial charge is 0.490 e. The number of nitrogen functional groups attached to an aromatic ring is 1. The van der Waals surface area contributed by atoms with Crippen LogP contribution in [0.5, 0.6) is 5.75 Å². The molecule has 0 saturated carbocycles. The summed E-state index contributed by atoms with van der Waals surface area (Å²) in [6.07, 6.45) is 2.51. The van der Waals surface area contributed by atoms with E-state index in [1.165, 1.54) is 0 Å². The lowest BCUT2D eigenvalue weighted by atomic mass is 10.2. The summed E-state index contributed by atoms with van der Waals surface area (Å²) in [7, 11) is 0. The summed E-state index contributed by atoms with van der Waals surface area (Å²) in [6.45, 7) is 1.51. The lowest BCUT2D eigenvalue weighted by molar-refractivity contribution is 0.0677. The van der Waals surface area contributed by atoms with Crippen molar-refractivity contribution in [2.75, 3.05) is 18.9 Å². The molecule has 0 spiro atoms. The Morgan fingerprint density at radius 1 is 1.53 bits per heavy atom. The summed E-state index contributed by atoms with van der Waals surface area (Å²) < 4.78 is 12.2. The first-order valence-corrected chi connectivity index (χ1v) is 6.13. The van der Waals surface area contributed by atoms with Crippen molar-refractivity contribution in [2.45, 2.75) is 18.9 Å². The van der Waals surface area contributed by atoms with Crippen LogP contribution in [0.25, 0.3) is 0 Å². The van der Waals surface area contributed by atoms with Gasteiger partial charge in [-0.25, -0.2) is 0 Å². The maximum atomic E-state index is 5.69. The molecule has 1 fully saturated rings. The molecule has 1 heterocycles. The van der Waals surface area contributed by atoms with Gasteiger partial charge in [0.05, 0.1) is 9.67 Å². The van der Waals surface area contributed by atoms with Gasteiger partial charge < -0.3 is 15.2 Å². The van der Waals surface area contributed by atoms with Crippen molar-refractivity contribution in [1.82, 2.24) is 0 Å². The Morgan fingerprint density at radius 2 is 2.40 bits per heavy atom. The molecular weight excluding hydrogens is 305 g/mol. The minimum atomic E-state index is 0.262. The van der Waals surface area contributed by atoms with Crippen LogP contribution in [0.3, 0.4) is 0 Å². The number of hydrogen-bond donors (Lipinski definition) is 1. The van der Waals surface area contributed by atoms with E-state index >= 15 is 0 Å². The van der Waals surface area contributed by atoms with Gasteiger partial charge in [-0.05, 0) is 53.6 Å². The van der Waals surface area contributed by atoms with Crippen molar-refractivity contribution in [3.63, 3.8) is 0 Å². The highest BCUT2D eigenvalue weighted by atomic mass is 127. The number of nitrogens with two attached hydrogens (primary N) is 1. The molecule has 1 unspecified atom stereocenters. The fourth-order valence-electron chi connectivity index (χ4n) is 1.59. The smallest absolute Gasteiger partial charge is 0.132 e. The Kier molecular flexibility index (Phi) is 3.69. The van der Waals surface area contributed by atoms with E-state index < -0.39 is 0 Å². The third-order valence-electron chi connectivity index (χ3n) is 2.40. The third-order valence-corrected chi connectivity index (χ3v) is 3.25. The first-order valence-electron chi connectivity index (χ1n) is 5.05. The first-order chi connectivity index (χ1) is 7.25. The highest BCUT2D eigenvalue weighted by Crippen LogP contribution is 2.24. The Balaban J connectivity index is 1.92. The quantitative estimate of drug-likeness (QED) is 0.687. The van der Waals surface area contributed by atoms with E-state index in [0.717, 1.165) is 34.5 Å². The average molecular weight is 319 g/mol. The normalized spacial score (nSPS) is 20.5. The Morgan fingerprint density at radius 3 is 3.07 bits per heavy atom. The van der Waals surface area contributed by atoms with Crippen molar-refractivity contribution in [3.05, 3.63) is 21.8 Å². The van der Waals surface area contributed by atoms with Crippen molar-refractivity contribution in [2.24, 2.45) is 0 Å². The molecule has 1 aliphatic rings. The van der Waals surface area contributed by atoms with Gasteiger partial charge in [0.2, 0.25) is 0 Å². The number of ether oxygens (including phenoxy) is 2. The average Bonchev–Trinajstić information content (AvgIpc) is 2.69. The molecule has 3 nitrogen and oxygen atoms in total. The molecule has 4 heteroatoms. The second kappa shape index (κ2) is 5.03. The Hall–Kier alpha value is -0.490. The lowest BCUT2D eigenvalue weighted by Gasteiger charge is -2.12. The van der Waals surface area contributed by atoms with Crippen molar-refractivity contribution in [3.8, 4) is 5.75 Å². The molecule has 0 bridgehead atoms. The summed E-state index contributed by atoms with van der Waals surface area (Å²) in [4.78, 5) is 0. The van der Waals surface area contributed by atoms with Crippen LogP contribution < -0.4 is 10.5 Å². The van der Waals surface area contributed by atoms with Gasteiger partial charge in [0.25, 0.3) is 0 Å². The minimum Gasteiger partial charge on any atom is -0.490 e. The molecular formula is C11H14INO2. The summed E-state index contributed by atoms with van der Waals surface area (Å²) in [5.74, 6) is 0.889. The SMILES string of the molecule is Nc1ccc(OCC2CCCO2)c(I)c1. The maximum absolute atomic E-state index is 5.69. The number of rotatable bonds is 3. The van der Waals surface area contributed by atoms with E-state index in [1.807, 2.05) is 18.2 Å². The van der Waals surface area contributed by atoms with Gasteiger partial charge >= 0.3 is 0 Å². The molecule has 0 aliphatic carbocycles. The fourth-order valence-corrected chi connectivity index (χ4v) is 2.29. The molecule has 1 atom stereocenters. The van der Waals surface area contributed by atoms with Gasteiger partial charge in [0, 0.05) is 12.3 Å². The van der Waals surface area contributed by atoms with E-state index in [0.29, 0.717) is 6.61 Å². The van der Waals surface area contributed by atoms with Crippen LogP contribution in [0.4, 0.5) is 5.69 Å². The third kappa shape index (κ3) is 2.98. The van der Waals surface area contributed by atoms with Crippen molar-refractivity contribution >= 4 is 28.3 Å². The molecule has 2 N–H and O–H groups in total. The van der Waals surface area contributed by atoms with Crippen LogP contribution in [-0.2, 0) is 4.74 Å². The predicted octanol–water partition coefficient (Wildman–Crippen LogP) is 2.43. The first kappa shape index (κ1) is 11.0. The van der Waals surface area contributed by atoms with Gasteiger partial charge in [-0.15, -0.1) is 0 Å². The number of anilines is 1. The predicted molar refractivity (Wildman–Crippen MR) is 68.0 cm³/mol. The lowest BCUT2D eigenvalue weighted by Crippen LogP contribution is -2.16. The Labute approximate surface area is 103 Å². The van der Waals surface area contributed by atoms with E-state index in [4.69, 9.17) is 15.2 Å². The zero-order valence-electron chi connectivity index (χ0n) is 8.41. The summed E-state index contributed by atoms with van der Waals surface area (Å²) in [5, 5.41) is 0. The zero-order chi connectivity index (χ0) is 10.7. The van der Waals surface area contributed by atoms with Crippen LogP contribution in [0.2, 0.25) is 0 Å². The molecule has 0 amide bonds. The molecule has 0 aromatic heterocycles. The van der Waals surface area contributed by atoms with Crippen LogP contribution in [0, 0.1) is 3.57 Å². The van der Waals surface area contributed by atoms with E-state index in [-0.39, 0.29) is 6.10 Å². The van der Waals surface area contributed by atoms with E-state index in [9.17, 15) is 0 Å². The number of benzene rings is 1. The highest BCUT2D eigenvalue weighted by molar-refractivity contribution is 14.1. The summed E-state index contributed by atoms with van der Waals surface area (Å²) in [6, 6.07) is 5.67. The van der Waals surface area contributed by atoms with Crippen molar-refractivity contribution in [1.29, 1.82) is 0 Å². The number of hydrogen-bond acceptors (Lipinski definition) is 3. The van der Waals surface area contributed by atoms with Crippen LogP contribution >= 0.6 is 22.6 Å². The molecule has 1 saturated heterocycles. The van der Waals surface area contributed by atoms with Crippen LogP contribution in [0.15, 0.2) is 18.2 Å². The number of halogens is 1. The molecule has 1 aromatic carbocycles. The van der Waals surface area contributed by atoms with Crippen LogP contribution in [0.1, 0.15) is 12.8 Å². The van der Waals surface area contributed by atoms with Gasteiger partial charge in [-0.3, -0.25) is 0 Å². The fraction of sp³-hybridized carbons (Fsp3) is 0.455. The molecule has 15 heavy (non-hydrogen) atoms. The monoisotopic (exact) mass is 319 g/mol. The topological polar surface area (TPSA) is 44.5 Å².